The molecule has 4 aromatic rings. The van der Waals surface area contributed by atoms with Crippen molar-refractivity contribution in [2.75, 3.05) is 13.7 Å². The molecule has 1 aromatic heterocycles. The summed E-state index contributed by atoms with van der Waals surface area (Å²) in [4.78, 5) is 43.3. The lowest BCUT2D eigenvalue weighted by Crippen LogP contribution is -2.40. The second-order valence-electron chi connectivity index (χ2n) is 10.2. The lowest BCUT2D eigenvalue weighted by Gasteiger charge is -2.24. The van der Waals surface area contributed by atoms with Crippen molar-refractivity contribution in [1.29, 1.82) is 0 Å². The van der Waals surface area contributed by atoms with Gasteiger partial charge in [-0.05, 0) is 62.2 Å². The maximum Gasteiger partial charge on any atom is 0.338 e. The fraction of sp³-hybridized carbons (Fsp3) is 0.219. The van der Waals surface area contributed by atoms with Gasteiger partial charge in [0, 0.05) is 27.2 Å². The number of aryl methyl sites for hydroxylation is 1. The number of aromatic nitrogens is 1. The molecule has 3 aromatic carbocycles. The van der Waals surface area contributed by atoms with Gasteiger partial charge in [0.15, 0.2) is 16.3 Å². The van der Waals surface area contributed by atoms with Crippen molar-refractivity contribution < 1.29 is 23.9 Å². The van der Waals surface area contributed by atoms with E-state index in [0.29, 0.717) is 48.5 Å². The van der Waals surface area contributed by atoms with E-state index in [0.717, 1.165) is 11.3 Å². The summed E-state index contributed by atoms with van der Waals surface area (Å²) in [6, 6.07) is 11.9. The number of methoxy groups -OCH3 is 1. The lowest BCUT2D eigenvalue weighted by molar-refractivity contribution is -0.385. The van der Waals surface area contributed by atoms with Crippen LogP contribution in [0.15, 0.2) is 69.6 Å². The number of esters is 1. The summed E-state index contributed by atoms with van der Waals surface area (Å²) in [6.45, 7) is 5.11. The number of allylic oxidation sites excluding steroid dienone is 1. The highest BCUT2D eigenvalue weighted by Crippen LogP contribution is 2.38. The van der Waals surface area contributed by atoms with E-state index >= 15 is 0 Å². The Hall–Kier alpha value is -4.16. The highest BCUT2D eigenvalue weighted by atomic mass is 35.5. The van der Waals surface area contributed by atoms with Crippen molar-refractivity contribution in [3.05, 3.63) is 127 Å². The van der Waals surface area contributed by atoms with E-state index in [1.165, 1.54) is 17.7 Å². The number of nitro groups is 1. The number of benzene rings is 3. The maximum absolute atomic E-state index is 14.0. The molecule has 0 N–H and O–H groups in total. The van der Waals surface area contributed by atoms with Crippen molar-refractivity contribution in [2.24, 2.45) is 4.99 Å². The van der Waals surface area contributed by atoms with Crippen LogP contribution >= 0.6 is 46.1 Å². The van der Waals surface area contributed by atoms with Crippen molar-refractivity contribution in [1.82, 2.24) is 4.57 Å². The van der Waals surface area contributed by atoms with Gasteiger partial charge in [0.25, 0.3) is 11.2 Å². The molecule has 14 heteroatoms. The predicted octanol–water partition coefficient (Wildman–Crippen LogP) is 6.56. The molecule has 1 atom stereocenters. The van der Waals surface area contributed by atoms with E-state index in [1.54, 1.807) is 69.3 Å². The van der Waals surface area contributed by atoms with Crippen molar-refractivity contribution in [2.45, 2.75) is 33.4 Å². The third-order valence-corrected chi connectivity index (χ3v) is 9.05. The summed E-state index contributed by atoms with van der Waals surface area (Å²) < 4.78 is 18.4. The van der Waals surface area contributed by atoms with Gasteiger partial charge in [-0.3, -0.25) is 19.5 Å². The molecular formula is C32H26Cl3N3O7S. The molecule has 0 bridgehead atoms. The second kappa shape index (κ2) is 13.7. The molecule has 0 spiro atoms. The summed E-state index contributed by atoms with van der Waals surface area (Å²) in [7, 11) is 1.46. The topological polar surface area (TPSA) is 122 Å². The van der Waals surface area contributed by atoms with E-state index in [4.69, 9.17) is 49.0 Å². The molecule has 1 aliphatic rings. The molecule has 0 saturated carbocycles. The summed E-state index contributed by atoms with van der Waals surface area (Å²) in [5, 5.41) is 12.9. The summed E-state index contributed by atoms with van der Waals surface area (Å²) in [6.07, 6.45) is 1.62. The molecular weight excluding hydrogens is 677 g/mol. The summed E-state index contributed by atoms with van der Waals surface area (Å²) in [5.41, 5.74) is 1.90. The average Bonchev–Trinajstić information content (AvgIpc) is 3.30. The minimum Gasteiger partial charge on any atom is -0.493 e. The van der Waals surface area contributed by atoms with Crippen LogP contribution in [-0.2, 0) is 16.1 Å². The molecule has 0 saturated heterocycles. The Bertz CT molecular complexity index is 2110. The van der Waals surface area contributed by atoms with Gasteiger partial charge >= 0.3 is 5.97 Å². The quantitative estimate of drug-likeness (QED) is 0.110. The van der Waals surface area contributed by atoms with Crippen LogP contribution in [0.3, 0.4) is 0 Å². The number of rotatable bonds is 9. The first-order valence-electron chi connectivity index (χ1n) is 13.8. The Labute approximate surface area is 281 Å². The third kappa shape index (κ3) is 6.54. The molecule has 5 rings (SSSR count). The molecule has 238 valence electrons. The van der Waals surface area contributed by atoms with E-state index in [1.807, 2.05) is 0 Å². The highest BCUT2D eigenvalue weighted by Gasteiger charge is 2.34. The Morgan fingerprint density at radius 2 is 1.87 bits per heavy atom. The summed E-state index contributed by atoms with van der Waals surface area (Å²) in [5.74, 6) is -0.0652. The molecule has 10 nitrogen and oxygen atoms in total. The number of ether oxygens (including phenoxy) is 3. The van der Waals surface area contributed by atoms with Gasteiger partial charge in [-0.25, -0.2) is 9.79 Å². The number of hydrogen-bond acceptors (Lipinski definition) is 9. The average molecular weight is 703 g/mol. The van der Waals surface area contributed by atoms with Crippen LogP contribution in [0.1, 0.15) is 42.1 Å². The number of thiazole rings is 1. The number of nitro benzene ring substituents is 1. The van der Waals surface area contributed by atoms with E-state index in [-0.39, 0.29) is 39.8 Å². The van der Waals surface area contributed by atoms with Gasteiger partial charge < -0.3 is 14.2 Å². The normalized spacial score (nSPS) is 14.5. The van der Waals surface area contributed by atoms with Crippen LogP contribution in [-0.4, -0.2) is 29.2 Å². The van der Waals surface area contributed by atoms with Gasteiger partial charge in [-0.2, -0.15) is 0 Å². The fourth-order valence-electron chi connectivity index (χ4n) is 5.00. The Morgan fingerprint density at radius 3 is 2.54 bits per heavy atom. The fourth-order valence-corrected chi connectivity index (χ4v) is 6.79. The van der Waals surface area contributed by atoms with E-state index < -0.39 is 22.5 Å². The van der Waals surface area contributed by atoms with Crippen LogP contribution in [0, 0.1) is 17.0 Å². The number of carbonyl (C=O) groups excluding carboxylic acids is 1. The predicted molar refractivity (Wildman–Crippen MR) is 177 cm³/mol. The Morgan fingerprint density at radius 1 is 1.11 bits per heavy atom. The van der Waals surface area contributed by atoms with Gasteiger partial charge in [0.1, 0.15) is 6.61 Å². The van der Waals surface area contributed by atoms with Gasteiger partial charge in [-0.1, -0.05) is 64.3 Å². The van der Waals surface area contributed by atoms with Gasteiger partial charge in [0.05, 0.1) is 45.5 Å². The van der Waals surface area contributed by atoms with Gasteiger partial charge in [-0.15, -0.1) is 0 Å². The van der Waals surface area contributed by atoms with Gasteiger partial charge in [0.2, 0.25) is 0 Å². The number of halogens is 3. The molecule has 1 unspecified atom stereocenters. The third-order valence-electron chi connectivity index (χ3n) is 7.20. The Kier molecular flexibility index (Phi) is 9.88. The summed E-state index contributed by atoms with van der Waals surface area (Å²) >= 11 is 20.0. The molecule has 0 amide bonds. The second-order valence-corrected chi connectivity index (χ2v) is 12.4. The molecule has 1 aliphatic heterocycles. The zero-order valence-corrected chi connectivity index (χ0v) is 28.0. The monoisotopic (exact) mass is 701 g/mol. The first-order valence-corrected chi connectivity index (χ1v) is 15.8. The van der Waals surface area contributed by atoms with E-state index in [2.05, 4.69) is 4.99 Å². The number of nitrogens with zero attached hydrogens (tertiary/aromatic N) is 3. The van der Waals surface area contributed by atoms with Crippen LogP contribution in [0.2, 0.25) is 15.1 Å². The minimum atomic E-state index is -1.01. The minimum absolute atomic E-state index is 0.0931. The van der Waals surface area contributed by atoms with Crippen molar-refractivity contribution in [3.63, 3.8) is 0 Å². The highest BCUT2D eigenvalue weighted by molar-refractivity contribution is 7.07. The number of carbonyl (C=O) groups is 1. The first kappa shape index (κ1) is 33.2. The zero-order chi connectivity index (χ0) is 33.3. The van der Waals surface area contributed by atoms with E-state index in [9.17, 15) is 19.7 Å². The first-order chi connectivity index (χ1) is 21.9. The smallest absolute Gasteiger partial charge is 0.338 e. The molecule has 0 radical (unpaired) electrons. The van der Waals surface area contributed by atoms with Crippen LogP contribution < -0.4 is 24.4 Å². The SMILES string of the molecule is CCOC(=O)C1=C(C)N=c2sc(=Cc3cc(Cl)c(OCc4ccc(Cl)cc4Cl)c(OC)c3)c(=O)n2C1c1ccc(C)c([N+](=O)[O-])c1. The van der Waals surface area contributed by atoms with Crippen molar-refractivity contribution in [3.8, 4) is 11.5 Å². The van der Waals surface area contributed by atoms with Crippen molar-refractivity contribution >= 4 is 63.9 Å². The van der Waals surface area contributed by atoms with Crippen LogP contribution in [0.4, 0.5) is 5.69 Å². The standard InChI is InChI=1S/C32H26Cl3N3O7S/c1-5-44-31(40)27-17(3)36-32-37(28(27)19-7-6-16(2)24(13-19)38(41)42)30(39)26(46-32)12-18-10-23(35)29(25(11-18)43-4)45-15-20-8-9-21(33)14-22(20)34/h6-14,28H,5,15H2,1-4H3. The zero-order valence-electron chi connectivity index (χ0n) is 24.9. The Balaban J connectivity index is 1.60. The van der Waals surface area contributed by atoms with Crippen LogP contribution in [0.25, 0.3) is 6.08 Å². The number of hydrogen-bond donors (Lipinski definition) is 0. The largest absolute Gasteiger partial charge is 0.493 e. The molecule has 0 aliphatic carbocycles. The maximum atomic E-state index is 14.0. The molecule has 0 fully saturated rings. The number of fused-ring (bicyclic) bond motifs is 1. The molecule has 2 heterocycles. The molecule has 46 heavy (non-hydrogen) atoms. The van der Waals surface area contributed by atoms with Crippen LogP contribution in [0.5, 0.6) is 11.5 Å². The lowest BCUT2D eigenvalue weighted by atomic mass is 9.94.